The summed E-state index contributed by atoms with van der Waals surface area (Å²) in [7, 11) is 0. The van der Waals surface area contributed by atoms with Crippen molar-refractivity contribution in [2.24, 2.45) is 11.8 Å². The molecule has 1 saturated carbocycles. The minimum absolute atomic E-state index is 0.0389. The third-order valence-corrected chi connectivity index (χ3v) is 4.36. The molecule has 0 unspecified atom stereocenters. The first-order valence-electron chi connectivity index (χ1n) is 8.04. The zero-order chi connectivity index (χ0) is 15.9. The van der Waals surface area contributed by atoms with Gasteiger partial charge in [-0.1, -0.05) is 32.3 Å². The standard InChI is InChI=1S/C18H24F2O2/c1-3-11-21-15-9-10-16(18(20)17(15)19)22-12-14-7-5-13(4-2)6-8-14/h3,9-11,13-14H,4-8,12H2,1-2H3/b11-3+. The second-order valence-corrected chi connectivity index (χ2v) is 5.88. The summed E-state index contributed by atoms with van der Waals surface area (Å²) in [5.74, 6) is -0.915. The Bertz CT molecular complexity index is 506. The van der Waals surface area contributed by atoms with Gasteiger partial charge in [-0.15, -0.1) is 0 Å². The van der Waals surface area contributed by atoms with Gasteiger partial charge in [-0.3, -0.25) is 0 Å². The Labute approximate surface area is 131 Å². The summed E-state index contributed by atoms with van der Waals surface area (Å²) in [5, 5.41) is 0. The molecule has 0 aromatic heterocycles. The molecule has 0 aliphatic heterocycles. The highest BCUT2D eigenvalue weighted by Crippen LogP contribution is 2.32. The summed E-state index contributed by atoms with van der Waals surface area (Å²) in [6.45, 7) is 4.40. The SMILES string of the molecule is C/C=C/Oc1ccc(OCC2CCC(CC)CC2)c(F)c1F. The molecule has 122 valence electrons. The molecule has 0 heterocycles. The van der Waals surface area contributed by atoms with E-state index in [4.69, 9.17) is 9.47 Å². The minimum Gasteiger partial charge on any atom is -0.490 e. The fourth-order valence-corrected chi connectivity index (χ4v) is 2.87. The third-order valence-electron chi connectivity index (χ3n) is 4.36. The minimum atomic E-state index is -1.01. The molecular formula is C18H24F2O2. The largest absolute Gasteiger partial charge is 0.490 e. The van der Waals surface area contributed by atoms with Crippen molar-refractivity contribution in [3.8, 4) is 11.5 Å². The Morgan fingerprint density at radius 3 is 2.27 bits per heavy atom. The van der Waals surface area contributed by atoms with Crippen LogP contribution >= 0.6 is 0 Å². The van der Waals surface area contributed by atoms with E-state index in [1.165, 1.54) is 37.7 Å². The quantitative estimate of drug-likeness (QED) is 0.648. The normalized spacial score (nSPS) is 22.0. The Morgan fingerprint density at radius 1 is 1.05 bits per heavy atom. The van der Waals surface area contributed by atoms with E-state index < -0.39 is 11.6 Å². The summed E-state index contributed by atoms with van der Waals surface area (Å²) in [4.78, 5) is 0. The van der Waals surface area contributed by atoms with Crippen LogP contribution < -0.4 is 9.47 Å². The highest BCUT2D eigenvalue weighted by atomic mass is 19.2. The van der Waals surface area contributed by atoms with Crippen molar-refractivity contribution in [3.05, 3.63) is 36.1 Å². The molecule has 0 amide bonds. The van der Waals surface area contributed by atoms with E-state index in [1.807, 2.05) is 0 Å². The number of allylic oxidation sites excluding steroid dienone is 1. The molecule has 0 saturated heterocycles. The van der Waals surface area contributed by atoms with Gasteiger partial charge >= 0.3 is 0 Å². The first-order chi connectivity index (χ1) is 10.7. The fraction of sp³-hybridized carbons (Fsp3) is 0.556. The van der Waals surface area contributed by atoms with Crippen LogP contribution in [0.2, 0.25) is 0 Å². The van der Waals surface area contributed by atoms with Gasteiger partial charge in [-0.2, -0.15) is 8.78 Å². The number of halogens is 2. The van der Waals surface area contributed by atoms with Crippen molar-refractivity contribution in [1.82, 2.24) is 0 Å². The van der Waals surface area contributed by atoms with Gasteiger partial charge in [0.05, 0.1) is 12.9 Å². The van der Waals surface area contributed by atoms with Crippen LogP contribution in [0, 0.1) is 23.5 Å². The summed E-state index contributed by atoms with van der Waals surface area (Å²) in [5.41, 5.74) is 0. The van der Waals surface area contributed by atoms with E-state index in [2.05, 4.69) is 6.92 Å². The molecule has 1 aromatic rings. The lowest BCUT2D eigenvalue weighted by Gasteiger charge is -2.27. The van der Waals surface area contributed by atoms with Gasteiger partial charge in [0.1, 0.15) is 0 Å². The molecule has 0 spiro atoms. The van der Waals surface area contributed by atoms with Gasteiger partial charge in [0, 0.05) is 0 Å². The first kappa shape index (κ1) is 16.8. The molecule has 22 heavy (non-hydrogen) atoms. The molecule has 0 atom stereocenters. The summed E-state index contributed by atoms with van der Waals surface area (Å²) >= 11 is 0. The molecule has 2 rings (SSSR count). The summed E-state index contributed by atoms with van der Waals surface area (Å²) in [6.07, 6.45) is 8.76. The number of rotatable bonds is 6. The van der Waals surface area contributed by atoms with E-state index in [0.29, 0.717) is 12.5 Å². The van der Waals surface area contributed by atoms with E-state index >= 15 is 0 Å². The molecule has 1 aliphatic rings. The van der Waals surface area contributed by atoms with Crippen molar-refractivity contribution < 1.29 is 18.3 Å². The Balaban J connectivity index is 1.92. The first-order valence-corrected chi connectivity index (χ1v) is 8.04. The maximum Gasteiger partial charge on any atom is 0.205 e. The maximum atomic E-state index is 14.0. The predicted octanol–water partition coefficient (Wildman–Crippen LogP) is 5.47. The van der Waals surface area contributed by atoms with Crippen LogP contribution in [0.5, 0.6) is 11.5 Å². The molecular weight excluding hydrogens is 286 g/mol. The van der Waals surface area contributed by atoms with E-state index in [-0.39, 0.29) is 11.5 Å². The Morgan fingerprint density at radius 2 is 1.64 bits per heavy atom. The maximum absolute atomic E-state index is 14.0. The van der Waals surface area contributed by atoms with E-state index in [9.17, 15) is 8.78 Å². The zero-order valence-corrected chi connectivity index (χ0v) is 13.3. The number of ether oxygens (including phenoxy) is 2. The summed E-state index contributed by atoms with van der Waals surface area (Å²) < 4.78 is 38.3. The summed E-state index contributed by atoms with van der Waals surface area (Å²) in [6, 6.07) is 2.82. The van der Waals surface area contributed by atoms with Gasteiger partial charge in [0.2, 0.25) is 11.6 Å². The number of benzene rings is 1. The van der Waals surface area contributed by atoms with Crippen LogP contribution in [0.4, 0.5) is 8.78 Å². The average molecular weight is 310 g/mol. The van der Waals surface area contributed by atoms with E-state index in [1.54, 1.807) is 13.0 Å². The van der Waals surface area contributed by atoms with E-state index in [0.717, 1.165) is 18.8 Å². The van der Waals surface area contributed by atoms with Crippen molar-refractivity contribution in [2.45, 2.75) is 46.0 Å². The van der Waals surface area contributed by atoms with Crippen LogP contribution in [0.15, 0.2) is 24.5 Å². The second kappa shape index (κ2) is 8.16. The molecule has 1 aliphatic carbocycles. The Hall–Kier alpha value is -1.58. The smallest absolute Gasteiger partial charge is 0.205 e. The molecule has 2 nitrogen and oxygen atoms in total. The van der Waals surface area contributed by atoms with Crippen LogP contribution in [0.3, 0.4) is 0 Å². The molecule has 0 radical (unpaired) electrons. The molecule has 1 fully saturated rings. The van der Waals surface area contributed by atoms with Crippen molar-refractivity contribution in [3.63, 3.8) is 0 Å². The van der Waals surface area contributed by atoms with Crippen molar-refractivity contribution in [2.75, 3.05) is 6.61 Å². The van der Waals surface area contributed by atoms with Crippen LogP contribution in [-0.4, -0.2) is 6.61 Å². The van der Waals surface area contributed by atoms with Crippen LogP contribution in [-0.2, 0) is 0 Å². The van der Waals surface area contributed by atoms with Gasteiger partial charge < -0.3 is 9.47 Å². The predicted molar refractivity (Wildman–Crippen MR) is 83.0 cm³/mol. The van der Waals surface area contributed by atoms with Crippen LogP contribution in [0.1, 0.15) is 46.0 Å². The third kappa shape index (κ3) is 4.21. The zero-order valence-electron chi connectivity index (χ0n) is 13.3. The lowest BCUT2D eigenvalue weighted by molar-refractivity contribution is 0.175. The topological polar surface area (TPSA) is 18.5 Å². The fourth-order valence-electron chi connectivity index (χ4n) is 2.87. The lowest BCUT2D eigenvalue weighted by Crippen LogP contribution is -2.20. The van der Waals surface area contributed by atoms with Crippen molar-refractivity contribution in [1.29, 1.82) is 0 Å². The highest BCUT2D eigenvalue weighted by Gasteiger charge is 2.22. The monoisotopic (exact) mass is 310 g/mol. The second-order valence-electron chi connectivity index (χ2n) is 5.88. The van der Waals surface area contributed by atoms with Crippen molar-refractivity contribution >= 4 is 0 Å². The van der Waals surface area contributed by atoms with Gasteiger partial charge in [0.15, 0.2) is 11.5 Å². The van der Waals surface area contributed by atoms with Gasteiger partial charge in [-0.25, -0.2) is 0 Å². The number of hydrogen-bond acceptors (Lipinski definition) is 2. The molecule has 4 heteroatoms. The van der Waals surface area contributed by atoms with Gasteiger partial charge in [0.25, 0.3) is 0 Å². The highest BCUT2D eigenvalue weighted by molar-refractivity contribution is 5.35. The van der Waals surface area contributed by atoms with Crippen LogP contribution in [0.25, 0.3) is 0 Å². The molecule has 0 N–H and O–H groups in total. The average Bonchev–Trinajstić information content (AvgIpc) is 2.56. The molecule has 0 bridgehead atoms. The number of hydrogen-bond donors (Lipinski definition) is 0. The Kier molecular flexibility index (Phi) is 6.22. The lowest BCUT2D eigenvalue weighted by atomic mass is 9.81. The van der Waals surface area contributed by atoms with Gasteiger partial charge in [-0.05, 0) is 43.7 Å². The molecule has 1 aromatic carbocycles.